The zero-order valence-electron chi connectivity index (χ0n) is 8.52. The highest BCUT2D eigenvalue weighted by atomic mass is 16.6. The molecule has 15 heavy (non-hydrogen) atoms. The highest BCUT2D eigenvalue weighted by Crippen LogP contribution is 2.25. The third-order valence-corrected chi connectivity index (χ3v) is 2.36. The minimum absolute atomic E-state index is 0.0803. The van der Waals surface area contributed by atoms with Gasteiger partial charge in [0.15, 0.2) is 0 Å². The van der Waals surface area contributed by atoms with Gasteiger partial charge in [-0.2, -0.15) is 0 Å². The summed E-state index contributed by atoms with van der Waals surface area (Å²) in [5.74, 6) is 6.15. The fourth-order valence-corrected chi connectivity index (χ4v) is 1.46. The third-order valence-electron chi connectivity index (χ3n) is 2.36. The van der Waals surface area contributed by atoms with Gasteiger partial charge in [-0.1, -0.05) is 30.0 Å². The summed E-state index contributed by atoms with van der Waals surface area (Å²) >= 11 is 0. The fraction of sp³-hybridized carbons (Fsp3) is 0.385. The Kier molecular flexibility index (Phi) is 3.39. The molecular formula is C13H14O2. The summed E-state index contributed by atoms with van der Waals surface area (Å²) in [6.07, 6.45) is 2.03. The lowest BCUT2D eigenvalue weighted by Gasteiger charge is -1.88. The molecule has 1 aliphatic rings. The molecule has 0 saturated carbocycles. The van der Waals surface area contributed by atoms with Crippen LogP contribution in [0.1, 0.15) is 18.4 Å². The standard InChI is InChI=1S/C13H14O2/c14-10-4-7-12-13(15-12)9-8-11-5-2-1-3-6-11/h1-3,5-6,12-14H,4,7,10H2/t12-,13+/m1/s1. The Morgan fingerprint density at radius 2 is 2.07 bits per heavy atom. The largest absolute Gasteiger partial charge is 0.396 e. The van der Waals surface area contributed by atoms with Crippen LogP contribution in [-0.4, -0.2) is 23.9 Å². The topological polar surface area (TPSA) is 32.8 Å². The molecule has 0 unspecified atom stereocenters. The lowest BCUT2D eigenvalue weighted by atomic mass is 10.2. The summed E-state index contributed by atoms with van der Waals surface area (Å²) in [4.78, 5) is 0. The van der Waals surface area contributed by atoms with Gasteiger partial charge >= 0.3 is 0 Å². The molecule has 1 fully saturated rings. The molecule has 2 rings (SSSR count). The van der Waals surface area contributed by atoms with Crippen molar-refractivity contribution in [2.24, 2.45) is 0 Å². The smallest absolute Gasteiger partial charge is 0.145 e. The number of aliphatic hydroxyl groups excluding tert-OH is 1. The first-order valence-corrected chi connectivity index (χ1v) is 5.23. The number of rotatable bonds is 3. The quantitative estimate of drug-likeness (QED) is 0.596. The Labute approximate surface area is 89.9 Å². The van der Waals surface area contributed by atoms with E-state index in [1.165, 1.54) is 0 Å². The summed E-state index contributed by atoms with van der Waals surface area (Å²) in [6.45, 7) is 0.235. The van der Waals surface area contributed by atoms with Gasteiger partial charge in [0.1, 0.15) is 6.10 Å². The van der Waals surface area contributed by atoms with E-state index >= 15 is 0 Å². The number of hydrogen-bond donors (Lipinski definition) is 1. The Morgan fingerprint density at radius 1 is 1.27 bits per heavy atom. The number of ether oxygens (including phenoxy) is 1. The van der Waals surface area contributed by atoms with Crippen LogP contribution in [0.15, 0.2) is 30.3 Å². The van der Waals surface area contributed by atoms with Crippen LogP contribution < -0.4 is 0 Å². The normalized spacial score (nSPS) is 23.0. The van der Waals surface area contributed by atoms with Crippen LogP contribution in [0.4, 0.5) is 0 Å². The Bertz CT molecular complexity index is 361. The zero-order chi connectivity index (χ0) is 10.5. The molecule has 0 aromatic heterocycles. The molecule has 1 heterocycles. The van der Waals surface area contributed by atoms with Crippen molar-refractivity contribution in [1.82, 2.24) is 0 Å². The van der Waals surface area contributed by atoms with E-state index in [1.54, 1.807) is 0 Å². The third kappa shape index (κ3) is 3.09. The Balaban J connectivity index is 1.82. The van der Waals surface area contributed by atoms with Crippen LogP contribution in [0.3, 0.4) is 0 Å². The van der Waals surface area contributed by atoms with Crippen molar-refractivity contribution in [2.45, 2.75) is 25.0 Å². The fourth-order valence-electron chi connectivity index (χ4n) is 1.46. The molecule has 0 amide bonds. The Hall–Kier alpha value is -1.30. The summed E-state index contributed by atoms with van der Waals surface area (Å²) in [5, 5.41) is 8.65. The molecule has 1 saturated heterocycles. The summed E-state index contributed by atoms with van der Waals surface area (Å²) < 4.78 is 5.36. The SMILES string of the molecule is OCCC[C@H]1O[C@H]1C#Cc1ccccc1. The number of hydrogen-bond acceptors (Lipinski definition) is 2. The van der Waals surface area contributed by atoms with Crippen molar-refractivity contribution in [3.8, 4) is 11.8 Å². The van der Waals surface area contributed by atoms with Gasteiger partial charge in [0.2, 0.25) is 0 Å². The molecular weight excluding hydrogens is 188 g/mol. The van der Waals surface area contributed by atoms with E-state index in [9.17, 15) is 0 Å². The predicted molar refractivity (Wildman–Crippen MR) is 58.3 cm³/mol. The number of epoxide rings is 1. The average molecular weight is 202 g/mol. The highest BCUT2D eigenvalue weighted by Gasteiger charge is 2.36. The van der Waals surface area contributed by atoms with Crippen LogP contribution in [0.25, 0.3) is 0 Å². The second-order valence-corrected chi connectivity index (χ2v) is 3.60. The van der Waals surface area contributed by atoms with Gasteiger partial charge in [-0.05, 0) is 25.0 Å². The van der Waals surface area contributed by atoms with Gasteiger partial charge in [-0.25, -0.2) is 0 Å². The van der Waals surface area contributed by atoms with Gasteiger partial charge < -0.3 is 9.84 Å². The van der Waals surface area contributed by atoms with Gasteiger partial charge in [0, 0.05) is 12.2 Å². The molecule has 1 N–H and O–H groups in total. The molecule has 1 aliphatic heterocycles. The van der Waals surface area contributed by atoms with E-state index in [0.29, 0.717) is 0 Å². The maximum atomic E-state index is 8.65. The highest BCUT2D eigenvalue weighted by molar-refractivity contribution is 5.35. The van der Waals surface area contributed by atoms with Crippen LogP contribution >= 0.6 is 0 Å². The maximum Gasteiger partial charge on any atom is 0.145 e. The van der Waals surface area contributed by atoms with Crippen LogP contribution in [0, 0.1) is 11.8 Å². The van der Waals surface area contributed by atoms with E-state index < -0.39 is 0 Å². The molecule has 2 atom stereocenters. The molecule has 78 valence electrons. The molecule has 0 spiro atoms. The molecule has 0 bridgehead atoms. The first-order chi connectivity index (χ1) is 7.40. The van der Waals surface area contributed by atoms with Gasteiger partial charge in [-0.3, -0.25) is 0 Å². The van der Waals surface area contributed by atoms with E-state index in [2.05, 4.69) is 11.8 Å². The predicted octanol–water partition coefficient (Wildman–Crippen LogP) is 1.58. The second kappa shape index (κ2) is 4.97. The van der Waals surface area contributed by atoms with Crippen molar-refractivity contribution < 1.29 is 9.84 Å². The molecule has 0 aliphatic carbocycles. The first-order valence-electron chi connectivity index (χ1n) is 5.23. The van der Waals surface area contributed by atoms with E-state index in [-0.39, 0.29) is 18.8 Å². The van der Waals surface area contributed by atoms with Gasteiger partial charge in [0.25, 0.3) is 0 Å². The summed E-state index contributed by atoms with van der Waals surface area (Å²) in [5.41, 5.74) is 1.02. The zero-order valence-corrected chi connectivity index (χ0v) is 8.52. The van der Waals surface area contributed by atoms with Crippen molar-refractivity contribution in [3.05, 3.63) is 35.9 Å². The van der Waals surface area contributed by atoms with E-state index in [4.69, 9.17) is 9.84 Å². The molecule has 0 radical (unpaired) electrons. The van der Waals surface area contributed by atoms with Crippen LogP contribution in [0.2, 0.25) is 0 Å². The van der Waals surface area contributed by atoms with Crippen molar-refractivity contribution in [3.63, 3.8) is 0 Å². The maximum absolute atomic E-state index is 8.65. The lowest BCUT2D eigenvalue weighted by molar-refractivity contribution is 0.273. The molecule has 1 aromatic carbocycles. The second-order valence-electron chi connectivity index (χ2n) is 3.60. The van der Waals surface area contributed by atoms with E-state index in [1.807, 2.05) is 30.3 Å². The Morgan fingerprint density at radius 3 is 2.80 bits per heavy atom. The van der Waals surface area contributed by atoms with Crippen LogP contribution in [0.5, 0.6) is 0 Å². The minimum Gasteiger partial charge on any atom is -0.396 e. The molecule has 2 heteroatoms. The van der Waals surface area contributed by atoms with Gasteiger partial charge in [0.05, 0.1) is 6.10 Å². The number of aliphatic hydroxyl groups is 1. The minimum atomic E-state index is 0.0803. The average Bonchev–Trinajstić information content (AvgIpc) is 3.04. The summed E-state index contributed by atoms with van der Waals surface area (Å²) in [6, 6.07) is 9.89. The number of benzene rings is 1. The molecule has 2 nitrogen and oxygen atoms in total. The van der Waals surface area contributed by atoms with Crippen molar-refractivity contribution in [2.75, 3.05) is 6.61 Å². The van der Waals surface area contributed by atoms with Crippen molar-refractivity contribution in [1.29, 1.82) is 0 Å². The summed E-state index contributed by atoms with van der Waals surface area (Å²) in [7, 11) is 0. The van der Waals surface area contributed by atoms with Crippen molar-refractivity contribution >= 4 is 0 Å². The molecule has 1 aromatic rings. The lowest BCUT2D eigenvalue weighted by Crippen LogP contribution is -1.93. The van der Waals surface area contributed by atoms with Gasteiger partial charge in [-0.15, -0.1) is 0 Å². The monoisotopic (exact) mass is 202 g/mol. The van der Waals surface area contributed by atoms with E-state index in [0.717, 1.165) is 18.4 Å². The van der Waals surface area contributed by atoms with Crippen LogP contribution in [-0.2, 0) is 4.74 Å². The first kappa shape index (κ1) is 10.2.